The summed E-state index contributed by atoms with van der Waals surface area (Å²) in [6.45, 7) is 2.23. The summed E-state index contributed by atoms with van der Waals surface area (Å²) in [7, 11) is 5.22. The van der Waals surface area contributed by atoms with Gasteiger partial charge in [0, 0.05) is 91.7 Å². The summed E-state index contributed by atoms with van der Waals surface area (Å²) in [5, 5.41) is 7.27. The number of nitrogens with one attached hydrogen (secondary N) is 2. The largest absolute Gasteiger partial charge is 0.471 e. The van der Waals surface area contributed by atoms with Crippen LogP contribution in [-0.4, -0.2) is 158 Å². The number of benzene rings is 6. The van der Waals surface area contributed by atoms with Crippen LogP contribution in [0.25, 0.3) is 0 Å². The average Bonchev–Trinajstić information content (AvgIpc) is 0.778. The van der Waals surface area contributed by atoms with Gasteiger partial charge in [-0.25, -0.2) is 0 Å². The molecule has 96 heavy (non-hydrogen) atoms. The van der Waals surface area contributed by atoms with E-state index >= 15 is 0 Å². The second-order valence-corrected chi connectivity index (χ2v) is 25.8. The van der Waals surface area contributed by atoms with Gasteiger partial charge in [-0.3, -0.25) is 28.8 Å². The zero-order valence-corrected chi connectivity index (χ0v) is 59.6. The molecule has 520 valence electrons. The van der Waals surface area contributed by atoms with Gasteiger partial charge in [0.2, 0.25) is 11.8 Å². The summed E-state index contributed by atoms with van der Waals surface area (Å²) >= 11 is 25.3. The monoisotopic (exact) mass is 1490 g/mol. The maximum atomic E-state index is 14.0. The third-order valence-corrected chi connectivity index (χ3v) is 20.1. The smallest absolute Gasteiger partial charge is 0.346 e. The molecule has 4 aliphatic heterocycles. The number of fused-ring (bicyclic) bond motifs is 4. The molecule has 4 aliphatic rings. The van der Waals surface area contributed by atoms with Crippen LogP contribution in [-0.2, 0) is 54.2 Å². The van der Waals surface area contributed by atoms with E-state index in [1.54, 1.807) is 84.9 Å². The number of likely N-dealkylation sites (tertiary alicyclic amines) is 2. The maximum Gasteiger partial charge on any atom is 0.471 e. The third kappa shape index (κ3) is 17.7. The Bertz CT molecular complexity index is 3490. The van der Waals surface area contributed by atoms with Crippen LogP contribution in [0, 0.1) is 0 Å². The van der Waals surface area contributed by atoms with Crippen molar-refractivity contribution in [1.29, 1.82) is 0 Å². The molecule has 6 aromatic rings. The molecule has 2 saturated heterocycles. The van der Waals surface area contributed by atoms with Crippen LogP contribution in [0.1, 0.15) is 92.6 Å². The van der Waals surface area contributed by atoms with Crippen molar-refractivity contribution >= 4 is 134 Å². The number of halogens is 12. The van der Waals surface area contributed by atoms with E-state index in [0.717, 1.165) is 36.3 Å². The zero-order chi connectivity index (χ0) is 66.6. The third-order valence-electron chi connectivity index (χ3n) is 18.7. The van der Waals surface area contributed by atoms with Crippen molar-refractivity contribution in [1.82, 2.24) is 40.0 Å². The van der Waals surface area contributed by atoms with Crippen LogP contribution in [0.2, 0.25) is 20.1 Å². The first-order valence-electron chi connectivity index (χ1n) is 30.0. The van der Waals surface area contributed by atoms with E-state index in [4.69, 9.17) is 46.4 Å². The van der Waals surface area contributed by atoms with Gasteiger partial charge in [0.05, 0.1) is 55.1 Å². The highest BCUT2D eigenvalue weighted by molar-refractivity contribution is 7.59. The molecule has 0 bridgehead atoms. The number of carbonyl (C=O) groups excluding carboxylic acids is 6. The van der Waals surface area contributed by atoms with E-state index in [2.05, 4.69) is 32.6 Å². The Labute approximate surface area is 601 Å². The Balaban J connectivity index is 0.000000333. The highest BCUT2D eigenvalue weighted by atomic mass is 35.5. The fourth-order valence-corrected chi connectivity index (χ4v) is 14.2. The average molecular weight is 1490 g/mol. The molecule has 2 spiro atoms. The van der Waals surface area contributed by atoms with Crippen LogP contribution < -0.4 is 10.6 Å². The van der Waals surface area contributed by atoms with Gasteiger partial charge in [-0.1, -0.05) is 143 Å². The van der Waals surface area contributed by atoms with E-state index in [1.807, 2.05) is 36.4 Å². The van der Waals surface area contributed by atoms with Gasteiger partial charge in [0.15, 0.2) is 0 Å². The van der Waals surface area contributed by atoms with Crippen LogP contribution in [0.3, 0.4) is 0 Å². The Morgan fingerprint density at radius 2 is 0.781 bits per heavy atom. The lowest BCUT2D eigenvalue weighted by atomic mass is 9.75. The van der Waals surface area contributed by atoms with Crippen LogP contribution in [0.5, 0.6) is 0 Å². The standard InChI is InChI=1S/2C34H35Cl2F3N4O3.2ClH.2H2S/c2*1-41(31(46)34(37,38)39)22-33(25-12-13-27(35)28(36)21-25,42(2)30(45)23-8-4-3-5-9-23)16-19-43-17-14-32(15-18-43)26-11-7-6-10-24(26)20-29(44)40-32;;;;/h2*3-13,21H,14-20,22H2,1-2H3,(H,40,44);2*1H;2*1H2/t2*33-;;;;/m11..../s1. The van der Waals surface area contributed by atoms with E-state index in [0.29, 0.717) is 110 Å². The number of piperidine rings is 2. The predicted molar refractivity (Wildman–Crippen MR) is 377 cm³/mol. The number of alkyl halides is 6. The molecule has 10 rings (SSSR count). The molecule has 28 heteroatoms. The molecule has 14 nitrogen and oxygen atoms in total. The van der Waals surface area contributed by atoms with Crippen molar-refractivity contribution in [3.05, 3.63) is 210 Å². The van der Waals surface area contributed by atoms with Crippen molar-refractivity contribution in [2.45, 2.75) is 85.9 Å². The van der Waals surface area contributed by atoms with Crippen molar-refractivity contribution in [2.75, 3.05) is 80.5 Å². The van der Waals surface area contributed by atoms with Crippen molar-refractivity contribution < 1.29 is 55.1 Å². The number of hydrogen-bond acceptors (Lipinski definition) is 8. The van der Waals surface area contributed by atoms with E-state index < -0.39 is 71.2 Å². The molecule has 0 saturated carbocycles. The second kappa shape index (κ2) is 33.3. The summed E-state index contributed by atoms with van der Waals surface area (Å²) in [6, 6.07) is 42.1. The van der Waals surface area contributed by atoms with Crippen LogP contribution >= 0.6 is 98.2 Å². The highest BCUT2D eigenvalue weighted by Crippen LogP contribution is 2.44. The maximum absolute atomic E-state index is 14.0. The van der Waals surface area contributed by atoms with Crippen molar-refractivity contribution in [3.63, 3.8) is 0 Å². The fourth-order valence-electron chi connectivity index (χ4n) is 13.6. The number of nitrogens with zero attached hydrogens (tertiary/aromatic N) is 6. The summed E-state index contributed by atoms with van der Waals surface area (Å²) in [6.07, 6.45) is -6.65. The second-order valence-electron chi connectivity index (χ2n) is 24.2. The molecular formula is C68H76Cl6F6N8O6S2. The first-order valence-corrected chi connectivity index (χ1v) is 31.5. The first-order chi connectivity index (χ1) is 43.5. The summed E-state index contributed by atoms with van der Waals surface area (Å²) in [5.41, 5.74) is 1.94. The molecular weight excluding hydrogens is 1420 g/mol. The van der Waals surface area contributed by atoms with Gasteiger partial charge < -0.3 is 40.0 Å². The lowest BCUT2D eigenvalue weighted by molar-refractivity contribution is -0.185. The first kappa shape index (κ1) is 80.8. The predicted octanol–water partition coefficient (Wildman–Crippen LogP) is 13.1. The molecule has 4 heterocycles. The fraction of sp³-hybridized carbons (Fsp3) is 0.382. The highest BCUT2D eigenvalue weighted by Gasteiger charge is 2.51. The quantitative estimate of drug-likeness (QED) is 0.0911. The summed E-state index contributed by atoms with van der Waals surface area (Å²) in [4.78, 5) is 86.5. The molecule has 6 aromatic carbocycles. The Hall–Kier alpha value is -5.92. The summed E-state index contributed by atoms with van der Waals surface area (Å²) < 4.78 is 81.9. The minimum absolute atomic E-state index is 0. The molecule has 6 amide bonds. The molecule has 0 unspecified atom stereocenters. The minimum Gasteiger partial charge on any atom is -0.346 e. The number of rotatable bonds is 16. The number of hydrogen-bond donors (Lipinski definition) is 2. The lowest BCUT2D eigenvalue weighted by Crippen LogP contribution is -2.58. The Morgan fingerprint density at radius 1 is 0.469 bits per heavy atom. The Kier molecular flexibility index (Phi) is 28.0. The van der Waals surface area contributed by atoms with E-state index in [9.17, 15) is 55.1 Å². The van der Waals surface area contributed by atoms with E-state index in [-0.39, 0.29) is 96.6 Å². The van der Waals surface area contributed by atoms with Gasteiger partial charge >= 0.3 is 24.2 Å². The number of carbonyl (C=O) groups is 6. The van der Waals surface area contributed by atoms with Gasteiger partial charge in [0.1, 0.15) is 0 Å². The minimum atomic E-state index is -5.11. The van der Waals surface area contributed by atoms with Gasteiger partial charge in [0.25, 0.3) is 11.8 Å². The molecule has 0 aromatic heterocycles. The molecule has 0 radical (unpaired) electrons. The topological polar surface area (TPSA) is 146 Å². The normalized spacial score (nSPS) is 16.8. The lowest BCUT2D eigenvalue weighted by Gasteiger charge is -2.48. The van der Waals surface area contributed by atoms with Gasteiger partial charge in [-0.15, -0.1) is 24.8 Å². The van der Waals surface area contributed by atoms with Crippen molar-refractivity contribution in [3.8, 4) is 0 Å². The van der Waals surface area contributed by atoms with Crippen molar-refractivity contribution in [2.24, 2.45) is 0 Å². The summed E-state index contributed by atoms with van der Waals surface area (Å²) in [5.74, 6) is -4.96. The number of amides is 6. The molecule has 0 aliphatic carbocycles. The molecule has 2 atom stereocenters. The number of likely N-dealkylation sites (N-methyl/N-ethyl adjacent to an activating group) is 4. The van der Waals surface area contributed by atoms with Crippen LogP contribution in [0.4, 0.5) is 26.3 Å². The Morgan fingerprint density at radius 3 is 1.09 bits per heavy atom. The van der Waals surface area contributed by atoms with Crippen LogP contribution in [0.15, 0.2) is 146 Å². The zero-order valence-electron chi connectivity index (χ0n) is 52.9. The SMILES string of the molecule is CN(C[C@](CCN1CCC2(CC1)NC(=O)Cc1ccccc12)(c1ccc(Cl)c(Cl)c1)N(C)C(=O)c1ccccc1)C(=O)C(F)(F)F.CN(C[C@](CCN1CCC2(CC1)NC(=O)Cc1ccccc12)(c1ccc(Cl)c(Cl)c1)N(C)C(=O)c1ccccc1)C(=O)C(F)(F)F.Cl.Cl.S.S. The van der Waals surface area contributed by atoms with Gasteiger partial charge in [-0.05, 0) is 120 Å². The van der Waals surface area contributed by atoms with Gasteiger partial charge in [-0.2, -0.15) is 53.3 Å². The molecule has 2 fully saturated rings. The van der Waals surface area contributed by atoms with E-state index in [1.165, 1.54) is 36.0 Å². The molecule has 2 N–H and O–H groups in total.